The Morgan fingerprint density at radius 1 is 1.62 bits per heavy atom. The Morgan fingerprint density at radius 3 is 2.81 bits per heavy atom. The minimum atomic E-state index is -0.582. The van der Waals surface area contributed by atoms with Gasteiger partial charge < -0.3 is 10.1 Å². The second-order valence-corrected chi connectivity index (χ2v) is 4.48. The van der Waals surface area contributed by atoms with E-state index >= 15 is 0 Å². The van der Waals surface area contributed by atoms with Crippen molar-refractivity contribution in [1.82, 2.24) is 9.78 Å². The summed E-state index contributed by atoms with van der Waals surface area (Å²) >= 11 is 11.3. The Hall–Kier alpha value is -0.810. The van der Waals surface area contributed by atoms with Crippen molar-refractivity contribution in [2.75, 3.05) is 5.88 Å². The topological polar surface area (TPSA) is 61.0 Å². The average molecular weight is 266 g/mol. The van der Waals surface area contributed by atoms with Gasteiger partial charge in [-0.15, -0.1) is 11.6 Å². The molecule has 7 heteroatoms. The van der Waals surface area contributed by atoms with Crippen LogP contribution in [0.5, 0.6) is 0 Å². The molecule has 0 aliphatic heterocycles. The highest BCUT2D eigenvalue weighted by molar-refractivity contribution is 6.32. The molecule has 0 N–H and O–H groups in total. The Morgan fingerprint density at radius 2 is 2.31 bits per heavy atom. The van der Waals surface area contributed by atoms with Gasteiger partial charge in [-0.05, 0) is 23.7 Å². The fourth-order valence-corrected chi connectivity index (χ4v) is 1.90. The summed E-state index contributed by atoms with van der Waals surface area (Å²) in [5.74, 6) is 0.812. The predicted octanol–water partition coefficient (Wildman–Crippen LogP) is 3.10. The van der Waals surface area contributed by atoms with E-state index in [1.54, 1.807) is 0 Å². The van der Waals surface area contributed by atoms with Crippen LogP contribution < -0.4 is 0 Å². The van der Waals surface area contributed by atoms with E-state index in [4.69, 9.17) is 23.2 Å². The predicted molar refractivity (Wildman–Crippen MR) is 63.0 cm³/mol. The molecular weight excluding hydrogens is 253 g/mol. The first-order valence-corrected chi connectivity index (χ1v) is 5.89. The van der Waals surface area contributed by atoms with Crippen molar-refractivity contribution in [1.29, 1.82) is 0 Å². The second-order valence-electron chi connectivity index (χ2n) is 3.69. The lowest BCUT2D eigenvalue weighted by molar-refractivity contribution is -0.389. The summed E-state index contributed by atoms with van der Waals surface area (Å²) in [5.41, 5.74) is 0. The maximum Gasteiger partial charge on any atom is 0.408 e. The van der Waals surface area contributed by atoms with Gasteiger partial charge in [0, 0.05) is 5.88 Å². The normalized spacial score (nSPS) is 12.7. The molecule has 0 aromatic carbocycles. The first-order valence-electron chi connectivity index (χ1n) is 4.98. The number of aryl methyl sites for hydroxylation is 1. The molecule has 0 fully saturated rings. The number of rotatable bonds is 6. The molecule has 0 bridgehead atoms. The van der Waals surface area contributed by atoms with Gasteiger partial charge in [0.05, 0.1) is 17.8 Å². The van der Waals surface area contributed by atoms with Crippen molar-refractivity contribution >= 4 is 29.0 Å². The molecule has 90 valence electrons. The van der Waals surface area contributed by atoms with Gasteiger partial charge in [0.25, 0.3) is 0 Å². The molecule has 0 spiro atoms. The van der Waals surface area contributed by atoms with Crippen molar-refractivity contribution in [3.05, 3.63) is 21.3 Å². The quantitative estimate of drug-likeness (QED) is 0.451. The Balaban J connectivity index is 2.55. The van der Waals surface area contributed by atoms with Gasteiger partial charge in [0.1, 0.15) is 0 Å². The smallest absolute Gasteiger partial charge is 0.358 e. The van der Waals surface area contributed by atoms with Gasteiger partial charge in [-0.2, -0.15) is 4.68 Å². The van der Waals surface area contributed by atoms with Crippen molar-refractivity contribution < 1.29 is 4.92 Å². The van der Waals surface area contributed by atoms with E-state index < -0.39 is 4.92 Å². The van der Waals surface area contributed by atoms with Crippen LogP contribution in [0.25, 0.3) is 0 Å². The second kappa shape index (κ2) is 6.06. The minimum absolute atomic E-state index is 0.0787. The summed E-state index contributed by atoms with van der Waals surface area (Å²) in [5, 5.41) is 14.4. The molecule has 1 heterocycles. The number of nitrogens with zero attached hydrogens (tertiary/aromatic N) is 3. The summed E-state index contributed by atoms with van der Waals surface area (Å²) in [6.45, 7) is 2.70. The van der Waals surface area contributed by atoms with Gasteiger partial charge in [-0.3, -0.25) is 0 Å². The van der Waals surface area contributed by atoms with E-state index in [2.05, 4.69) is 12.0 Å². The molecule has 16 heavy (non-hydrogen) atoms. The third-order valence-corrected chi connectivity index (χ3v) is 2.81. The Kier molecular flexibility index (Phi) is 5.02. The fourth-order valence-electron chi connectivity index (χ4n) is 1.31. The summed E-state index contributed by atoms with van der Waals surface area (Å²) in [7, 11) is 0. The van der Waals surface area contributed by atoms with Gasteiger partial charge >= 0.3 is 5.82 Å². The number of aromatic nitrogens is 2. The molecule has 1 unspecified atom stereocenters. The molecule has 0 aliphatic carbocycles. The molecule has 0 radical (unpaired) electrons. The summed E-state index contributed by atoms with van der Waals surface area (Å²) in [4.78, 5) is 9.92. The molecule has 1 aromatic heterocycles. The lowest BCUT2D eigenvalue weighted by Gasteiger charge is -2.06. The van der Waals surface area contributed by atoms with Crippen LogP contribution in [0.1, 0.15) is 19.8 Å². The largest absolute Gasteiger partial charge is 0.408 e. The summed E-state index contributed by atoms with van der Waals surface area (Å²) in [6, 6.07) is 0. The van der Waals surface area contributed by atoms with Gasteiger partial charge in [0.15, 0.2) is 5.02 Å². The van der Waals surface area contributed by atoms with Crippen LogP contribution in [-0.2, 0) is 6.54 Å². The number of hydrogen-bond donors (Lipinski definition) is 0. The number of nitro groups is 1. The van der Waals surface area contributed by atoms with Crippen molar-refractivity contribution in [3.8, 4) is 0 Å². The molecule has 0 saturated heterocycles. The zero-order chi connectivity index (χ0) is 12.1. The van der Waals surface area contributed by atoms with Crippen molar-refractivity contribution in [2.24, 2.45) is 5.92 Å². The first-order chi connectivity index (χ1) is 7.54. The molecule has 5 nitrogen and oxygen atoms in total. The van der Waals surface area contributed by atoms with Gasteiger partial charge in [-0.1, -0.05) is 18.5 Å². The van der Waals surface area contributed by atoms with Crippen molar-refractivity contribution in [3.63, 3.8) is 0 Å². The van der Waals surface area contributed by atoms with E-state index in [0.29, 0.717) is 18.3 Å². The number of halogens is 2. The molecule has 0 aliphatic rings. The van der Waals surface area contributed by atoms with Gasteiger partial charge in [-0.25, -0.2) is 0 Å². The molecule has 1 aromatic rings. The van der Waals surface area contributed by atoms with E-state index in [9.17, 15) is 10.1 Å². The highest BCUT2D eigenvalue weighted by atomic mass is 35.5. The molecule has 0 amide bonds. The highest BCUT2D eigenvalue weighted by Crippen LogP contribution is 2.22. The fraction of sp³-hybridized carbons (Fsp3) is 0.667. The van der Waals surface area contributed by atoms with Crippen LogP contribution in [0.2, 0.25) is 5.02 Å². The highest BCUT2D eigenvalue weighted by Gasteiger charge is 2.18. The van der Waals surface area contributed by atoms with E-state index in [1.165, 1.54) is 10.9 Å². The summed E-state index contributed by atoms with van der Waals surface area (Å²) in [6.07, 6.45) is 3.29. The Labute approximate surface area is 103 Å². The monoisotopic (exact) mass is 265 g/mol. The number of hydrogen-bond acceptors (Lipinski definition) is 3. The van der Waals surface area contributed by atoms with Crippen LogP contribution in [0.3, 0.4) is 0 Å². The van der Waals surface area contributed by atoms with Gasteiger partial charge in [0.2, 0.25) is 0 Å². The molecule has 1 rings (SSSR count). The van der Waals surface area contributed by atoms with E-state index in [1.807, 2.05) is 0 Å². The lowest BCUT2D eigenvalue weighted by Crippen LogP contribution is -2.05. The van der Waals surface area contributed by atoms with Crippen LogP contribution in [0.4, 0.5) is 5.82 Å². The van der Waals surface area contributed by atoms with Crippen LogP contribution in [0.15, 0.2) is 6.20 Å². The third-order valence-electron chi connectivity index (χ3n) is 2.32. The third kappa shape index (κ3) is 3.64. The first kappa shape index (κ1) is 13.3. The molecular formula is C9H13Cl2N3O2. The summed E-state index contributed by atoms with van der Waals surface area (Å²) < 4.78 is 1.51. The molecule has 0 saturated carbocycles. The van der Waals surface area contributed by atoms with E-state index in [-0.39, 0.29) is 10.8 Å². The van der Waals surface area contributed by atoms with Crippen LogP contribution in [-0.4, -0.2) is 20.6 Å². The maximum atomic E-state index is 10.5. The zero-order valence-electron chi connectivity index (χ0n) is 8.90. The average Bonchev–Trinajstić information content (AvgIpc) is 2.57. The zero-order valence-corrected chi connectivity index (χ0v) is 10.4. The Bertz CT molecular complexity index is 368. The van der Waals surface area contributed by atoms with Crippen molar-refractivity contribution in [2.45, 2.75) is 26.3 Å². The van der Waals surface area contributed by atoms with Crippen LogP contribution >= 0.6 is 23.2 Å². The lowest BCUT2D eigenvalue weighted by atomic mass is 10.1. The SMILES string of the molecule is CC(CCCl)CCn1cc(Cl)c([N+](=O)[O-])n1. The van der Waals surface area contributed by atoms with Crippen LogP contribution in [0, 0.1) is 16.0 Å². The van der Waals surface area contributed by atoms with E-state index in [0.717, 1.165) is 12.8 Å². The standard InChI is InChI=1S/C9H13Cl2N3O2/c1-7(2-4-10)3-5-13-6-8(11)9(12-13)14(15)16/h6-7H,2-5H2,1H3. The minimum Gasteiger partial charge on any atom is -0.358 e. The molecule has 1 atom stereocenters. The maximum absolute atomic E-state index is 10.5. The number of alkyl halides is 1.